The molecule has 0 aromatic rings. The van der Waals surface area contributed by atoms with E-state index in [1.165, 1.54) is 6.42 Å². The highest BCUT2D eigenvalue weighted by atomic mass is 32.3. The van der Waals surface area contributed by atoms with E-state index < -0.39 is 40.1 Å². The van der Waals surface area contributed by atoms with Gasteiger partial charge in [-0.25, -0.2) is 0 Å². The Morgan fingerprint density at radius 2 is 1.00 bits per heavy atom. The maximum Gasteiger partial charge on any atom is 0.0900 e. The molecule has 0 aliphatic heterocycles. The number of aliphatic hydroxyl groups excluding tert-OH is 3. The standard InChI is InChI=1S/C37H85N5O12S2/c1-9-11-14-34(10-2)30-54-33-37(45)29-42(28-36(44)32-53-24-13-26-56(49-6,50-7)51-8)22-21-41(20-19-40-18-17-39-16-15-38)27-35(43)31-52-23-12-25-55(46-3,47-4)48-5/h34-37,39-40,43-45H,9-33,38H2,1-8H3. The van der Waals surface area contributed by atoms with E-state index in [-0.39, 0.29) is 19.8 Å². The molecule has 342 valence electrons. The van der Waals surface area contributed by atoms with Crippen LogP contribution in [0.25, 0.3) is 0 Å². The molecule has 0 aromatic carbocycles. The lowest BCUT2D eigenvalue weighted by Crippen LogP contribution is -2.47. The quantitative estimate of drug-likeness (QED) is 0.0485. The van der Waals surface area contributed by atoms with Gasteiger partial charge in [-0.15, -0.1) is 0 Å². The Bertz CT molecular complexity index is 845. The van der Waals surface area contributed by atoms with E-state index in [1.54, 1.807) is 42.7 Å². The van der Waals surface area contributed by atoms with Crippen molar-refractivity contribution in [3.63, 3.8) is 0 Å². The van der Waals surface area contributed by atoms with Crippen LogP contribution in [0.5, 0.6) is 0 Å². The van der Waals surface area contributed by atoms with Gasteiger partial charge < -0.3 is 45.9 Å². The third kappa shape index (κ3) is 27.7. The molecule has 56 heavy (non-hydrogen) atoms. The number of aliphatic hydroxyl groups is 3. The van der Waals surface area contributed by atoms with Crippen molar-refractivity contribution < 1.29 is 54.6 Å². The average Bonchev–Trinajstić information content (AvgIpc) is 3.20. The SMILES string of the molecule is CCCCC(CC)COCC(O)CN(CCN(CCNCCNCCN)CC(O)COCCCS(OC)(OC)OC)CC(O)COCCCS(OC)(OC)OC. The van der Waals surface area contributed by atoms with Crippen LogP contribution in [-0.4, -0.2) is 209 Å². The van der Waals surface area contributed by atoms with Crippen molar-refractivity contribution in [2.45, 2.75) is 70.7 Å². The maximum atomic E-state index is 11.1. The molecule has 4 unspecified atom stereocenters. The normalized spacial score (nSPS) is 15.5. The van der Waals surface area contributed by atoms with E-state index >= 15 is 0 Å². The lowest BCUT2D eigenvalue weighted by molar-refractivity contribution is -0.0197. The molecule has 7 N–H and O–H groups in total. The van der Waals surface area contributed by atoms with Gasteiger partial charge >= 0.3 is 0 Å². The fraction of sp³-hybridized carbons (Fsp3) is 1.00. The van der Waals surface area contributed by atoms with Crippen LogP contribution in [0.2, 0.25) is 0 Å². The zero-order valence-corrected chi connectivity index (χ0v) is 37.9. The molecule has 0 aliphatic rings. The van der Waals surface area contributed by atoms with Gasteiger partial charge in [0.1, 0.15) is 0 Å². The summed E-state index contributed by atoms with van der Waals surface area (Å²) >= 11 is 0. The Hall–Kier alpha value is 0.0200. The molecule has 0 fully saturated rings. The topological polar surface area (TPSA) is 200 Å². The average molecular weight is 856 g/mol. The van der Waals surface area contributed by atoms with Crippen molar-refractivity contribution in [2.24, 2.45) is 11.7 Å². The van der Waals surface area contributed by atoms with Gasteiger partial charge in [0.05, 0.1) is 103 Å². The largest absolute Gasteiger partial charge is 0.389 e. The first-order chi connectivity index (χ1) is 27.0. The van der Waals surface area contributed by atoms with Crippen molar-refractivity contribution in [1.29, 1.82) is 0 Å². The molecular weight excluding hydrogens is 771 g/mol. The van der Waals surface area contributed by atoms with Gasteiger partial charge in [-0.1, -0.05) is 33.1 Å². The van der Waals surface area contributed by atoms with Crippen LogP contribution in [-0.2, 0) is 39.3 Å². The van der Waals surface area contributed by atoms with Gasteiger partial charge in [0.25, 0.3) is 0 Å². The molecule has 0 amide bonds. The van der Waals surface area contributed by atoms with Crippen molar-refractivity contribution in [1.82, 2.24) is 20.4 Å². The van der Waals surface area contributed by atoms with Crippen LogP contribution in [0.4, 0.5) is 0 Å². The Labute approximate surface area is 344 Å². The second-order valence-electron chi connectivity index (χ2n) is 13.6. The molecule has 0 bridgehead atoms. The smallest absolute Gasteiger partial charge is 0.0900 e. The van der Waals surface area contributed by atoms with E-state index in [1.807, 2.05) is 4.90 Å². The Morgan fingerprint density at radius 1 is 0.554 bits per heavy atom. The zero-order valence-electron chi connectivity index (χ0n) is 36.3. The molecule has 0 saturated heterocycles. The number of unbranched alkanes of at least 4 members (excludes halogenated alkanes) is 1. The summed E-state index contributed by atoms with van der Waals surface area (Å²) in [6.07, 6.45) is 3.55. The van der Waals surface area contributed by atoms with Gasteiger partial charge in [-0.05, 0) is 25.2 Å². The van der Waals surface area contributed by atoms with Crippen molar-refractivity contribution in [3.8, 4) is 0 Å². The third-order valence-electron chi connectivity index (χ3n) is 9.26. The highest BCUT2D eigenvalue weighted by molar-refractivity contribution is 8.22. The predicted molar refractivity (Wildman–Crippen MR) is 228 cm³/mol. The van der Waals surface area contributed by atoms with Crippen LogP contribution in [0, 0.1) is 5.92 Å². The van der Waals surface area contributed by atoms with Crippen molar-refractivity contribution in [3.05, 3.63) is 0 Å². The first-order valence-corrected chi connectivity index (χ1v) is 23.5. The molecular formula is C37H85N5O12S2. The molecule has 4 atom stereocenters. The van der Waals surface area contributed by atoms with Gasteiger partial charge in [-0.2, -0.15) is 0 Å². The molecule has 0 aliphatic carbocycles. The second-order valence-corrected chi connectivity index (χ2v) is 18.7. The minimum absolute atomic E-state index is 0.137. The first-order valence-electron chi connectivity index (χ1n) is 20.3. The van der Waals surface area contributed by atoms with E-state index in [0.717, 1.165) is 45.4 Å². The Kier molecular flexibility index (Phi) is 36.8. The van der Waals surface area contributed by atoms with E-state index in [0.29, 0.717) is 95.9 Å². The van der Waals surface area contributed by atoms with Gasteiger partial charge in [0.2, 0.25) is 0 Å². The number of hydrogen-bond donors (Lipinski definition) is 6. The van der Waals surface area contributed by atoms with E-state index in [4.69, 9.17) is 45.0 Å². The molecule has 0 rings (SSSR count). The Morgan fingerprint density at radius 3 is 1.45 bits per heavy atom. The molecule has 19 heteroatoms. The van der Waals surface area contributed by atoms with Crippen molar-refractivity contribution in [2.75, 3.05) is 166 Å². The maximum absolute atomic E-state index is 11.1. The minimum Gasteiger partial charge on any atom is -0.389 e. The molecule has 17 nitrogen and oxygen atoms in total. The van der Waals surface area contributed by atoms with Crippen molar-refractivity contribution >= 4 is 21.7 Å². The first kappa shape index (κ1) is 56.0. The lowest BCUT2D eigenvalue weighted by atomic mass is 10.0. The molecule has 0 heterocycles. The Balaban J connectivity index is 5.45. The second kappa shape index (κ2) is 36.8. The van der Waals surface area contributed by atoms with E-state index in [2.05, 4.69) is 29.4 Å². The van der Waals surface area contributed by atoms with Crippen LogP contribution in [0.1, 0.15) is 52.4 Å². The summed E-state index contributed by atoms with van der Waals surface area (Å²) in [7, 11) is 5.26. The molecule has 0 aromatic heterocycles. The minimum atomic E-state index is -2.06. The highest BCUT2D eigenvalue weighted by Crippen LogP contribution is 2.50. The summed E-state index contributed by atoms with van der Waals surface area (Å²) in [4.78, 5) is 4.22. The third-order valence-corrected chi connectivity index (χ3v) is 13.9. The van der Waals surface area contributed by atoms with Crippen LogP contribution in [0.3, 0.4) is 0 Å². The monoisotopic (exact) mass is 856 g/mol. The predicted octanol–water partition coefficient (Wildman–Crippen LogP) is 1.84. The summed E-state index contributed by atoms with van der Waals surface area (Å²) in [6.45, 7) is 12.9. The summed E-state index contributed by atoms with van der Waals surface area (Å²) in [6, 6.07) is 0. The van der Waals surface area contributed by atoms with E-state index in [9.17, 15) is 15.3 Å². The summed E-state index contributed by atoms with van der Waals surface area (Å²) in [5, 5.41) is 39.8. The number of hydrogen-bond acceptors (Lipinski definition) is 17. The molecule has 0 radical (unpaired) electrons. The number of ether oxygens (including phenoxy) is 3. The number of rotatable bonds is 43. The number of nitrogens with two attached hydrogens (primary N) is 1. The molecule has 0 spiro atoms. The van der Waals surface area contributed by atoms with Gasteiger partial charge in [-0.3, -0.25) is 34.9 Å². The van der Waals surface area contributed by atoms with Gasteiger partial charge in [0.15, 0.2) is 0 Å². The zero-order chi connectivity index (χ0) is 41.9. The number of nitrogens with zero attached hydrogens (tertiary/aromatic N) is 2. The summed E-state index contributed by atoms with van der Waals surface area (Å²) in [5.41, 5.74) is 5.58. The number of nitrogens with one attached hydrogen (secondary N) is 2. The van der Waals surface area contributed by atoms with Gasteiger partial charge in [0, 0.05) is 103 Å². The fourth-order valence-corrected chi connectivity index (χ4v) is 8.70. The summed E-state index contributed by atoms with van der Waals surface area (Å²) in [5.74, 6) is 1.58. The summed E-state index contributed by atoms with van der Waals surface area (Å²) < 4.78 is 50.2. The highest BCUT2D eigenvalue weighted by Gasteiger charge is 2.24. The lowest BCUT2D eigenvalue weighted by Gasteiger charge is -2.33. The molecule has 0 saturated carbocycles. The van der Waals surface area contributed by atoms with Crippen LogP contribution < -0.4 is 16.4 Å². The van der Waals surface area contributed by atoms with Crippen LogP contribution in [0.15, 0.2) is 0 Å². The van der Waals surface area contributed by atoms with Crippen LogP contribution >= 0.6 is 21.7 Å². The fourth-order valence-electron chi connectivity index (χ4n) is 5.94.